The fraction of sp³-hybridized carbons (Fsp3) is 0.462. The molecule has 1 aromatic rings. The third-order valence-corrected chi connectivity index (χ3v) is 2.24. The molecule has 0 spiro atoms. The molecule has 0 N–H and O–H groups in total. The summed E-state index contributed by atoms with van der Waals surface area (Å²) in [7, 11) is 3.94. The first-order valence-corrected chi connectivity index (χ1v) is 5.38. The Morgan fingerprint density at radius 2 is 1.87 bits per heavy atom. The van der Waals surface area contributed by atoms with Gasteiger partial charge in [-0.25, -0.2) is 0 Å². The zero-order chi connectivity index (χ0) is 11.3. The highest BCUT2D eigenvalue weighted by Gasteiger charge is 2.09. The summed E-state index contributed by atoms with van der Waals surface area (Å²) in [5.41, 5.74) is 1.18. The van der Waals surface area contributed by atoms with Crippen LogP contribution in [0.1, 0.15) is 19.4 Å². The maximum atomic E-state index is 4.35. The minimum Gasteiger partial charge on any atom is -0.359 e. The molecular formula is C13H20N2. The summed E-state index contributed by atoms with van der Waals surface area (Å²) in [5.74, 6) is 1.71. The lowest BCUT2D eigenvalue weighted by Gasteiger charge is -2.23. The van der Waals surface area contributed by atoms with Crippen molar-refractivity contribution in [1.29, 1.82) is 0 Å². The van der Waals surface area contributed by atoms with Gasteiger partial charge in [0.2, 0.25) is 0 Å². The van der Waals surface area contributed by atoms with Crippen LogP contribution in [-0.4, -0.2) is 31.4 Å². The lowest BCUT2D eigenvalue weighted by atomic mass is 10.1. The van der Waals surface area contributed by atoms with E-state index in [0.29, 0.717) is 5.92 Å². The number of rotatable bonds is 3. The van der Waals surface area contributed by atoms with Gasteiger partial charge in [0.05, 0.1) is 0 Å². The normalized spacial score (nSPS) is 11.9. The molecule has 0 heterocycles. The van der Waals surface area contributed by atoms with E-state index in [1.165, 1.54) is 5.56 Å². The van der Waals surface area contributed by atoms with Crippen LogP contribution in [0.2, 0.25) is 0 Å². The monoisotopic (exact) mass is 204 g/mol. The van der Waals surface area contributed by atoms with Gasteiger partial charge in [-0.2, -0.15) is 0 Å². The highest BCUT2D eigenvalue weighted by molar-refractivity contribution is 5.98. The predicted molar refractivity (Wildman–Crippen MR) is 66.4 cm³/mol. The van der Waals surface area contributed by atoms with Gasteiger partial charge >= 0.3 is 0 Å². The second-order valence-corrected chi connectivity index (χ2v) is 4.19. The zero-order valence-electron chi connectivity index (χ0n) is 10.1. The third kappa shape index (κ3) is 3.39. The molecule has 15 heavy (non-hydrogen) atoms. The molecule has 0 aliphatic heterocycles. The van der Waals surface area contributed by atoms with Crippen LogP contribution in [0, 0.1) is 5.92 Å². The van der Waals surface area contributed by atoms with Crippen molar-refractivity contribution in [2.75, 3.05) is 20.6 Å². The van der Waals surface area contributed by atoms with Gasteiger partial charge in [-0.3, -0.25) is 4.99 Å². The Balaban J connectivity index is 2.82. The summed E-state index contributed by atoms with van der Waals surface area (Å²) < 4.78 is 0. The van der Waals surface area contributed by atoms with Crippen LogP contribution in [0.25, 0.3) is 0 Å². The first-order chi connectivity index (χ1) is 7.15. The van der Waals surface area contributed by atoms with E-state index in [9.17, 15) is 0 Å². The quantitative estimate of drug-likeness (QED) is 0.546. The molecular weight excluding hydrogens is 184 g/mol. The maximum Gasteiger partial charge on any atom is 0.130 e. The van der Waals surface area contributed by atoms with E-state index in [1.807, 2.05) is 25.2 Å². The second kappa shape index (κ2) is 5.54. The molecule has 0 unspecified atom stereocenters. The van der Waals surface area contributed by atoms with Crippen LogP contribution in [-0.2, 0) is 0 Å². The molecule has 0 aliphatic carbocycles. The third-order valence-electron chi connectivity index (χ3n) is 2.24. The summed E-state index contributed by atoms with van der Waals surface area (Å²) in [6.07, 6.45) is 0. The number of benzene rings is 1. The number of nitrogens with zero attached hydrogens (tertiary/aromatic N) is 2. The van der Waals surface area contributed by atoms with Gasteiger partial charge < -0.3 is 4.90 Å². The van der Waals surface area contributed by atoms with E-state index in [0.717, 1.165) is 12.4 Å². The molecule has 0 fully saturated rings. The van der Waals surface area contributed by atoms with Gasteiger partial charge in [-0.1, -0.05) is 44.2 Å². The number of hydrogen-bond donors (Lipinski definition) is 0. The number of aliphatic imine (C=N–C) groups is 1. The van der Waals surface area contributed by atoms with Crippen molar-refractivity contribution >= 4 is 5.84 Å². The Bertz CT molecular complexity index is 315. The van der Waals surface area contributed by atoms with E-state index >= 15 is 0 Å². The van der Waals surface area contributed by atoms with Crippen LogP contribution >= 0.6 is 0 Å². The minimum atomic E-state index is 0.649. The molecule has 0 aliphatic rings. The van der Waals surface area contributed by atoms with Crippen LogP contribution in [0.5, 0.6) is 0 Å². The predicted octanol–water partition coefficient (Wildman–Crippen LogP) is 2.65. The smallest absolute Gasteiger partial charge is 0.130 e. The summed E-state index contributed by atoms with van der Waals surface area (Å²) in [6.45, 7) is 5.46. The summed E-state index contributed by atoms with van der Waals surface area (Å²) >= 11 is 0. The zero-order valence-corrected chi connectivity index (χ0v) is 10.1. The molecule has 2 nitrogen and oxygen atoms in total. The van der Waals surface area contributed by atoms with Crippen molar-refractivity contribution in [3.63, 3.8) is 0 Å². The average Bonchev–Trinajstić information content (AvgIpc) is 2.19. The summed E-state index contributed by atoms with van der Waals surface area (Å²) in [6, 6.07) is 10.3. The standard InChI is InChI=1S/C13H20N2/c1-11(2)10-15(4)13(14-3)12-8-6-5-7-9-12/h5-9,11H,10H2,1-4H3/b14-13-. The van der Waals surface area contributed by atoms with Crippen LogP contribution in [0.3, 0.4) is 0 Å². The molecule has 0 aromatic heterocycles. The van der Waals surface area contributed by atoms with E-state index in [4.69, 9.17) is 0 Å². The van der Waals surface area contributed by atoms with E-state index in [1.54, 1.807) is 0 Å². The molecule has 2 heteroatoms. The van der Waals surface area contributed by atoms with Gasteiger partial charge in [0.15, 0.2) is 0 Å². The average molecular weight is 204 g/mol. The first kappa shape index (κ1) is 11.8. The molecule has 1 aromatic carbocycles. The van der Waals surface area contributed by atoms with Gasteiger partial charge in [0.25, 0.3) is 0 Å². The molecule has 82 valence electrons. The van der Waals surface area contributed by atoms with Crippen molar-refractivity contribution in [3.8, 4) is 0 Å². The fourth-order valence-corrected chi connectivity index (χ4v) is 1.74. The second-order valence-electron chi connectivity index (χ2n) is 4.19. The Kier molecular flexibility index (Phi) is 4.35. The highest BCUT2D eigenvalue weighted by atomic mass is 15.2. The Morgan fingerprint density at radius 1 is 1.27 bits per heavy atom. The van der Waals surface area contributed by atoms with Gasteiger partial charge in [0, 0.05) is 26.2 Å². The van der Waals surface area contributed by atoms with Crippen molar-refractivity contribution in [2.24, 2.45) is 10.9 Å². The first-order valence-electron chi connectivity index (χ1n) is 5.38. The van der Waals surface area contributed by atoms with E-state index in [-0.39, 0.29) is 0 Å². The molecule has 0 radical (unpaired) electrons. The van der Waals surface area contributed by atoms with E-state index in [2.05, 4.69) is 42.9 Å². The largest absolute Gasteiger partial charge is 0.359 e. The molecule has 0 atom stereocenters. The minimum absolute atomic E-state index is 0.649. The SMILES string of the molecule is C/N=C(/c1ccccc1)N(C)CC(C)C. The van der Waals surface area contributed by atoms with Crippen molar-refractivity contribution in [2.45, 2.75) is 13.8 Å². The van der Waals surface area contributed by atoms with E-state index < -0.39 is 0 Å². The molecule has 1 rings (SSSR count). The number of amidine groups is 1. The summed E-state index contributed by atoms with van der Waals surface area (Å²) in [4.78, 5) is 6.56. The fourth-order valence-electron chi connectivity index (χ4n) is 1.74. The molecule has 0 saturated heterocycles. The topological polar surface area (TPSA) is 15.6 Å². The van der Waals surface area contributed by atoms with Crippen LogP contribution in [0.15, 0.2) is 35.3 Å². The Labute approximate surface area is 92.6 Å². The lowest BCUT2D eigenvalue weighted by molar-refractivity contribution is 0.425. The van der Waals surface area contributed by atoms with Crippen molar-refractivity contribution < 1.29 is 0 Å². The van der Waals surface area contributed by atoms with Gasteiger partial charge in [-0.15, -0.1) is 0 Å². The lowest BCUT2D eigenvalue weighted by Crippen LogP contribution is -2.31. The van der Waals surface area contributed by atoms with Crippen LogP contribution in [0.4, 0.5) is 0 Å². The Hall–Kier alpha value is -1.31. The van der Waals surface area contributed by atoms with Gasteiger partial charge in [0.1, 0.15) is 5.84 Å². The molecule has 0 bridgehead atoms. The maximum absolute atomic E-state index is 4.35. The van der Waals surface area contributed by atoms with Crippen molar-refractivity contribution in [3.05, 3.63) is 35.9 Å². The van der Waals surface area contributed by atoms with Gasteiger partial charge in [-0.05, 0) is 5.92 Å². The molecule has 0 saturated carbocycles. The Morgan fingerprint density at radius 3 is 2.33 bits per heavy atom. The van der Waals surface area contributed by atoms with Crippen molar-refractivity contribution in [1.82, 2.24) is 4.90 Å². The number of hydrogen-bond acceptors (Lipinski definition) is 1. The van der Waals surface area contributed by atoms with Crippen LogP contribution < -0.4 is 0 Å². The highest BCUT2D eigenvalue weighted by Crippen LogP contribution is 2.06. The molecule has 0 amide bonds. The summed E-state index contributed by atoms with van der Waals surface area (Å²) in [5, 5.41) is 0.